The molecule has 0 amide bonds. The summed E-state index contributed by atoms with van der Waals surface area (Å²) in [6.07, 6.45) is 0. The van der Waals surface area contributed by atoms with Crippen LogP contribution in [0.3, 0.4) is 0 Å². The van der Waals surface area contributed by atoms with Gasteiger partial charge in [0.1, 0.15) is 0 Å². The molecule has 1 aliphatic carbocycles. The van der Waals surface area contributed by atoms with Gasteiger partial charge in [0.05, 0.1) is 11.0 Å². The maximum atomic E-state index is 2.46. The number of para-hydroxylation sites is 2. The highest BCUT2D eigenvalue weighted by molar-refractivity contribution is 6.18. The summed E-state index contributed by atoms with van der Waals surface area (Å²) in [6.45, 7) is 4.81. The number of hydrogen-bond donors (Lipinski definition) is 0. The maximum Gasteiger partial charge on any atom is 0.0541 e. The lowest BCUT2D eigenvalue weighted by Gasteiger charge is -2.25. The number of nitrogens with zero attached hydrogens (tertiary/aromatic N) is 2. The number of rotatable bonds is 3. The van der Waals surface area contributed by atoms with Gasteiger partial charge in [0.2, 0.25) is 0 Å². The predicted molar refractivity (Wildman–Crippen MR) is 193 cm³/mol. The van der Waals surface area contributed by atoms with Crippen molar-refractivity contribution in [2.75, 3.05) is 19.0 Å². The van der Waals surface area contributed by atoms with Crippen LogP contribution in [0, 0.1) is 0 Å². The zero-order chi connectivity index (χ0) is 30.4. The van der Waals surface area contributed by atoms with E-state index in [4.69, 9.17) is 0 Å². The van der Waals surface area contributed by atoms with Gasteiger partial charge in [-0.2, -0.15) is 0 Å². The van der Waals surface area contributed by atoms with Crippen molar-refractivity contribution in [1.29, 1.82) is 0 Å². The second-order valence-electron chi connectivity index (χ2n) is 13.2. The van der Waals surface area contributed by atoms with Gasteiger partial charge in [-0.05, 0) is 79.7 Å². The van der Waals surface area contributed by atoms with Crippen molar-refractivity contribution in [3.63, 3.8) is 0 Å². The van der Waals surface area contributed by atoms with E-state index >= 15 is 0 Å². The normalized spacial score (nSPS) is 13.5. The number of anilines is 1. The van der Waals surface area contributed by atoms with E-state index < -0.39 is 0 Å². The van der Waals surface area contributed by atoms with Gasteiger partial charge in [0.15, 0.2) is 0 Å². The molecular formula is C43H34N2. The van der Waals surface area contributed by atoms with Gasteiger partial charge in [-0.25, -0.2) is 0 Å². The fourth-order valence-corrected chi connectivity index (χ4v) is 8.13. The van der Waals surface area contributed by atoms with Gasteiger partial charge < -0.3 is 9.47 Å². The van der Waals surface area contributed by atoms with E-state index in [2.05, 4.69) is 171 Å². The Labute approximate surface area is 263 Å². The number of benzene rings is 7. The number of fused-ring (bicyclic) bond motifs is 11. The molecule has 0 spiro atoms. The van der Waals surface area contributed by atoms with Crippen LogP contribution < -0.4 is 4.90 Å². The highest BCUT2D eigenvalue weighted by Crippen LogP contribution is 2.55. The Morgan fingerprint density at radius 3 is 1.69 bits per heavy atom. The van der Waals surface area contributed by atoms with Crippen LogP contribution in [0.15, 0.2) is 133 Å². The minimum absolute atomic E-state index is 0.133. The van der Waals surface area contributed by atoms with E-state index in [9.17, 15) is 0 Å². The van der Waals surface area contributed by atoms with Crippen molar-refractivity contribution in [2.45, 2.75) is 19.3 Å². The molecule has 8 aromatic rings. The molecule has 0 saturated heterocycles. The Morgan fingerprint density at radius 1 is 0.511 bits per heavy atom. The molecule has 1 aromatic heterocycles. The van der Waals surface area contributed by atoms with Gasteiger partial charge in [-0.1, -0.05) is 117 Å². The molecule has 0 N–H and O–H groups in total. The smallest absolute Gasteiger partial charge is 0.0541 e. The van der Waals surface area contributed by atoms with E-state index in [1.165, 1.54) is 88.1 Å². The van der Waals surface area contributed by atoms with Crippen LogP contribution in [-0.4, -0.2) is 18.7 Å². The first-order chi connectivity index (χ1) is 21.9. The largest absolute Gasteiger partial charge is 0.377 e. The molecule has 0 saturated carbocycles. The summed E-state index contributed by atoms with van der Waals surface area (Å²) < 4.78 is 2.40. The van der Waals surface area contributed by atoms with Crippen molar-refractivity contribution in [1.82, 2.24) is 4.57 Å². The van der Waals surface area contributed by atoms with E-state index in [-0.39, 0.29) is 5.41 Å². The first kappa shape index (κ1) is 26.1. The molecule has 0 fully saturated rings. The van der Waals surface area contributed by atoms with E-state index in [1.807, 2.05) is 0 Å². The quantitative estimate of drug-likeness (QED) is 0.189. The Balaban J connectivity index is 1.25. The topological polar surface area (TPSA) is 8.17 Å². The molecule has 1 heterocycles. The second-order valence-corrected chi connectivity index (χ2v) is 13.2. The molecule has 9 rings (SSSR count). The van der Waals surface area contributed by atoms with Crippen LogP contribution in [-0.2, 0) is 5.41 Å². The average Bonchev–Trinajstić information content (AvgIpc) is 3.53. The lowest BCUT2D eigenvalue weighted by atomic mass is 9.78. The molecule has 0 aliphatic heterocycles. The summed E-state index contributed by atoms with van der Waals surface area (Å²) in [7, 11) is 4.31. The zero-order valence-corrected chi connectivity index (χ0v) is 26.1. The van der Waals surface area contributed by atoms with Crippen LogP contribution in [0.5, 0.6) is 0 Å². The molecular weight excluding hydrogens is 544 g/mol. The first-order valence-electron chi connectivity index (χ1n) is 15.8. The fourth-order valence-electron chi connectivity index (χ4n) is 8.13. The monoisotopic (exact) mass is 578 g/mol. The molecule has 0 atom stereocenters. The third-order valence-corrected chi connectivity index (χ3v) is 10.1. The van der Waals surface area contributed by atoms with Crippen molar-refractivity contribution in [3.05, 3.63) is 145 Å². The molecule has 216 valence electrons. The van der Waals surface area contributed by atoms with Crippen molar-refractivity contribution >= 4 is 49.0 Å². The third-order valence-electron chi connectivity index (χ3n) is 10.1. The molecule has 7 aromatic carbocycles. The molecule has 1 aliphatic rings. The summed E-state index contributed by atoms with van der Waals surface area (Å²) in [5.74, 6) is 0. The molecule has 0 radical (unpaired) electrons. The van der Waals surface area contributed by atoms with Crippen molar-refractivity contribution in [3.8, 4) is 27.9 Å². The van der Waals surface area contributed by atoms with E-state index in [0.29, 0.717) is 0 Å². The fraction of sp³-hybridized carbons (Fsp3) is 0.116. The maximum absolute atomic E-state index is 2.46. The van der Waals surface area contributed by atoms with Crippen LogP contribution in [0.25, 0.3) is 71.3 Å². The highest BCUT2D eigenvalue weighted by atomic mass is 15.1. The molecule has 2 heteroatoms. The lowest BCUT2D eigenvalue weighted by molar-refractivity contribution is 0.667. The third kappa shape index (κ3) is 3.57. The van der Waals surface area contributed by atoms with Gasteiger partial charge >= 0.3 is 0 Å². The van der Waals surface area contributed by atoms with Crippen LogP contribution in [0.1, 0.15) is 25.0 Å². The minimum Gasteiger partial charge on any atom is -0.377 e. The number of aromatic nitrogens is 1. The Morgan fingerprint density at radius 2 is 1.04 bits per heavy atom. The lowest BCUT2D eigenvalue weighted by Crippen LogP contribution is -2.16. The van der Waals surface area contributed by atoms with Gasteiger partial charge in [-0.15, -0.1) is 0 Å². The molecule has 45 heavy (non-hydrogen) atoms. The van der Waals surface area contributed by atoms with Crippen molar-refractivity contribution < 1.29 is 0 Å². The van der Waals surface area contributed by atoms with Crippen LogP contribution in [0.4, 0.5) is 5.69 Å². The second kappa shape index (κ2) is 9.33. The summed E-state index contributed by atoms with van der Waals surface area (Å²) in [5, 5.41) is 7.93. The molecule has 2 nitrogen and oxygen atoms in total. The van der Waals surface area contributed by atoms with E-state index in [0.717, 1.165) is 0 Å². The van der Waals surface area contributed by atoms with E-state index in [1.54, 1.807) is 0 Å². The van der Waals surface area contributed by atoms with Gasteiger partial charge in [-0.3, -0.25) is 0 Å². The zero-order valence-electron chi connectivity index (χ0n) is 26.1. The summed E-state index contributed by atoms with van der Waals surface area (Å²) in [6, 6.07) is 49.4. The van der Waals surface area contributed by atoms with Crippen LogP contribution in [0.2, 0.25) is 0 Å². The molecule has 0 unspecified atom stereocenters. The van der Waals surface area contributed by atoms with Gasteiger partial charge in [0.25, 0.3) is 0 Å². The minimum atomic E-state index is -0.133. The Hall–Kier alpha value is -5.34. The van der Waals surface area contributed by atoms with Crippen LogP contribution >= 0.6 is 0 Å². The highest BCUT2D eigenvalue weighted by Gasteiger charge is 2.38. The van der Waals surface area contributed by atoms with Gasteiger partial charge in [0, 0.05) is 47.2 Å². The summed E-state index contributed by atoms with van der Waals surface area (Å²) in [4.78, 5) is 2.25. The molecule has 0 bridgehead atoms. The standard InChI is InChI=1S/C43H34N2/c1-43(2)37-25-27(21-23-36(37)41-34-17-7-5-13-30(34)31-14-6-8-18-35(31)42(41)43)29-24-22-28(26-40(29)44(3)4)45-38-19-11-9-15-32(38)33-16-10-12-20-39(33)45/h5-26H,1-4H3. The predicted octanol–water partition coefficient (Wildman–Crippen LogP) is 11.1. The Bertz CT molecular complexity index is 2440. The average molecular weight is 579 g/mol. The first-order valence-corrected chi connectivity index (χ1v) is 15.8. The van der Waals surface area contributed by atoms with Crippen molar-refractivity contribution in [2.24, 2.45) is 0 Å². The number of hydrogen-bond acceptors (Lipinski definition) is 1. The SMILES string of the molecule is CN(C)c1cc(-n2c3ccccc3c3ccccc32)ccc1-c1ccc2c(c1)C(C)(C)c1c-2c2ccccc2c2ccccc12. The summed E-state index contributed by atoms with van der Waals surface area (Å²) in [5.41, 5.74) is 12.8. The summed E-state index contributed by atoms with van der Waals surface area (Å²) >= 11 is 0. The Kier molecular flexibility index (Phi) is 5.41.